The van der Waals surface area contributed by atoms with E-state index in [2.05, 4.69) is 5.32 Å². The topological polar surface area (TPSA) is 89.3 Å². The fraction of sp³-hybridized carbons (Fsp3) is 0.923. The monoisotopic (exact) mass is 322 g/mol. The van der Waals surface area contributed by atoms with Gasteiger partial charge in [-0.05, 0) is 37.5 Å². The molecule has 0 radical (unpaired) electrons. The second kappa shape index (κ2) is 7.66. The van der Waals surface area contributed by atoms with E-state index in [-0.39, 0.29) is 17.6 Å². The molecule has 1 rings (SSSR count). The van der Waals surface area contributed by atoms with Crippen LogP contribution in [-0.4, -0.2) is 49.9 Å². The fourth-order valence-electron chi connectivity index (χ4n) is 2.97. The number of primary amides is 1. The third-order valence-electron chi connectivity index (χ3n) is 3.96. The van der Waals surface area contributed by atoms with Crippen LogP contribution >= 0.6 is 11.8 Å². The van der Waals surface area contributed by atoms with Crippen molar-refractivity contribution in [1.29, 1.82) is 0 Å². The minimum atomic E-state index is -2.88. The van der Waals surface area contributed by atoms with Crippen molar-refractivity contribution in [2.75, 3.05) is 30.1 Å². The van der Waals surface area contributed by atoms with Gasteiger partial charge in [0, 0.05) is 12.0 Å². The summed E-state index contributed by atoms with van der Waals surface area (Å²) in [5, 5.41) is 3.29. The van der Waals surface area contributed by atoms with Crippen LogP contribution in [0, 0.1) is 5.92 Å². The van der Waals surface area contributed by atoms with Gasteiger partial charge in [-0.15, -0.1) is 0 Å². The van der Waals surface area contributed by atoms with Crippen LogP contribution in [0.15, 0.2) is 0 Å². The Balaban J connectivity index is 2.43. The first-order valence-corrected chi connectivity index (χ1v) is 10.3. The molecule has 0 heterocycles. The lowest BCUT2D eigenvalue weighted by atomic mass is 9.84. The van der Waals surface area contributed by atoms with Crippen LogP contribution in [0.1, 0.15) is 32.6 Å². The van der Waals surface area contributed by atoms with Crippen LogP contribution in [0.4, 0.5) is 0 Å². The molecule has 0 spiro atoms. The third kappa shape index (κ3) is 4.93. The van der Waals surface area contributed by atoms with Crippen molar-refractivity contribution in [2.45, 2.75) is 38.1 Å². The summed E-state index contributed by atoms with van der Waals surface area (Å²) in [6.07, 6.45) is 5.02. The zero-order chi connectivity index (χ0) is 15.2. The van der Waals surface area contributed by atoms with Gasteiger partial charge in [0.25, 0.3) is 0 Å². The first kappa shape index (κ1) is 17.8. The molecular formula is C13H26N2O3S2. The van der Waals surface area contributed by atoms with E-state index in [1.807, 2.05) is 6.92 Å². The molecule has 1 saturated carbocycles. The van der Waals surface area contributed by atoms with Crippen LogP contribution in [0.25, 0.3) is 0 Å². The lowest BCUT2D eigenvalue weighted by molar-refractivity contribution is -0.125. The normalized spacial score (nSPS) is 26.8. The van der Waals surface area contributed by atoms with E-state index in [0.29, 0.717) is 5.75 Å². The van der Waals surface area contributed by atoms with Crippen LogP contribution in [-0.2, 0) is 14.6 Å². The summed E-state index contributed by atoms with van der Waals surface area (Å²) in [7, 11) is -2.88. The standard InChI is InChI=1S/C13H26N2O3S2/c1-3-15-13(12(14)16)7-4-5-11(13)6-8-19-9-10-20(2,17)18/h11,15H,3-10H2,1-2H3,(H2,14,16). The average Bonchev–Trinajstić information content (AvgIpc) is 2.72. The summed E-state index contributed by atoms with van der Waals surface area (Å²) in [5.41, 5.74) is 5.06. The van der Waals surface area contributed by atoms with Crippen molar-refractivity contribution in [3.05, 3.63) is 0 Å². The number of nitrogens with two attached hydrogens (primary N) is 1. The Bertz CT molecular complexity index is 425. The molecule has 0 saturated heterocycles. The Labute approximate surface area is 126 Å². The minimum absolute atomic E-state index is 0.219. The largest absolute Gasteiger partial charge is 0.368 e. The van der Waals surface area contributed by atoms with E-state index in [0.717, 1.165) is 38.0 Å². The molecule has 1 amide bonds. The molecule has 3 N–H and O–H groups in total. The second-order valence-electron chi connectivity index (χ2n) is 5.49. The van der Waals surface area contributed by atoms with E-state index in [1.165, 1.54) is 6.26 Å². The van der Waals surface area contributed by atoms with Crippen LogP contribution < -0.4 is 11.1 Å². The van der Waals surface area contributed by atoms with Crippen molar-refractivity contribution in [3.8, 4) is 0 Å². The third-order valence-corrected chi connectivity index (χ3v) is 6.18. The van der Waals surface area contributed by atoms with Crippen LogP contribution in [0.5, 0.6) is 0 Å². The molecule has 1 aliphatic carbocycles. The number of thioether (sulfide) groups is 1. The summed E-state index contributed by atoms with van der Waals surface area (Å²) >= 11 is 1.64. The van der Waals surface area contributed by atoms with Gasteiger partial charge < -0.3 is 11.1 Å². The van der Waals surface area contributed by atoms with Gasteiger partial charge in [0.05, 0.1) is 5.75 Å². The van der Waals surface area contributed by atoms with Crippen molar-refractivity contribution >= 4 is 27.5 Å². The maximum Gasteiger partial charge on any atom is 0.238 e. The van der Waals surface area contributed by atoms with Crippen LogP contribution in [0.3, 0.4) is 0 Å². The highest BCUT2D eigenvalue weighted by atomic mass is 32.2. The minimum Gasteiger partial charge on any atom is -0.368 e. The Hall–Kier alpha value is -0.270. The number of hydrogen-bond donors (Lipinski definition) is 2. The van der Waals surface area contributed by atoms with Gasteiger partial charge in [0.2, 0.25) is 5.91 Å². The predicted molar refractivity (Wildman–Crippen MR) is 84.6 cm³/mol. The van der Waals surface area contributed by atoms with Gasteiger partial charge in [-0.25, -0.2) is 8.42 Å². The zero-order valence-electron chi connectivity index (χ0n) is 12.4. The molecule has 0 aromatic carbocycles. The van der Waals surface area contributed by atoms with Gasteiger partial charge in [-0.2, -0.15) is 11.8 Å². The molecular weight excluding hydrogens is 296 g/mol. The molecule has 20 heavy (non-hydrogen) atoms. The van der Waals surface area contributed by atoms with Crippen LogP contribution in [0.2, 0.25) is 0 Å². The lowest BCUT2D eigenvalue weighted by Crippen LogP contribution is -2.57. The summed E-state index contributed by atoms with van der Waals surface area (Å²) < 4.78 is 22.1. The summed E-state index contributed by atoms with van der Waals surface area (Å²) in [6.45, 7) is 2.72. The highest BCUT2D eigenvalue weighted by Gasteiger charge is 2.46. The van der Waals surface area contributed by atoms with Crippen molar-refractivity contribution in [2.24, 2.45) is 11.7 Å². The van der Waals surface area contributed by atoms with E-state index < -0.39 is 15.4 Å². The van der Waals surface area contributed by atoms with E-state index in [1.54, 1.807) is 11.8 Å². The van der Waals surface area contributed by atoms with Gasteiger partial charge in [0.15, 0.2) is 0 Å². The Kier molecular flexibility index (Phi) is 6.81. The number of likely N-dealkylation sites (N-methyl/N-ethyl adjacent to an activating group) is 1. The first-order valence-electron chi connectivity index (χ1n) is 7.12. The fourth-order valence-corrected chi connectivity index (χ4v) is 5.30. The first-order chi connectivity index (χ1) is 9.32. The highest BCUT2D eigenvalue weighted by Crippen LogP contribution is 2.38. The van der Waals surface area contributed by atoms with Gasteiger partial charge >= 0.3 is 0 Å². The molecule has 1 fully saturated rings. The zero-order valence-corrected chi connectivity index (χ0v) is 14.0. The lowest BCUT2D eigenvalue weighted by Gasteiger charge is -2.33. The molecule has 118 valence electrons. The Morgan fingerprint density at radius 1 is 1.45 bits per heavy atom. The molecule has 0 aromatic rings. The van der Waals surface area contributed by atoms with E-state index in [4.69, 9.17) is 5.73 Å². The smallest absolute Gasteiger partial charge is 0.238 e. The molecule has 0 aromatic heterocycles. The van der Waals surface area contributed by atoms with E-state index >= 15 is 0 Å². The number of hydrogen-bond acceptors (Lipinski definition) is 5. The summed E-state index contributed by atoms with van der Waals surface area (Å²) in [4.78, 5) is 11.8. The van der Waals surface area contributed by atoms with Crippen molar-refractivity contribution in [3.63, 3.8) is 0 Å². The van der Waals surface area contributed by atoms with E-state index in [9.17, 15) is 13.2 Å². The number of amides is 1. The van der Waals surface area contributed by atoms with Gasteiger partial charge in [0.1, 0.15) is 15.4 Å². The number of sulfone groups is 1. The maximum atomic E-state index is 11.8. The molecule has 2 atom stereocenters. The summed E-state index contributed by atoms with van der Waals surface area (Å²) in [6, 6.07) is 0. The molecule has 2 unspecified atom stereocenters. The average molecular weight is 322 g/mol. The molecule has 7 heteroatoms. The maximum absolute atomic E-state index is 11.8. The molecule has 1 aliphatic rings. The Morgan fingerprint density at radius 2 is 2.15 bits per heavy atom. The van der Waals surface area contributed by atoms with Gasteiger partial charge in [-0.1, -0.05) is 13.3 Å². The van der Waals surface area contributed by atoms with Crippen molar-refractivity contribution < 1.29 is 13.2 Å². The van der Waals surface area contributed by atoms with Gasteiger partial charge in [-0.3, -0.25) is 4.79 Å². The van der Waals surface area contributed by atoms with Crippen molar-refractivity contribution in [1.82, 2.24) is 5.32 Å². The molecule has 0 aliphatic heterocycles. The molecule has 5 nitrogen and oxygen atoms in total. The number of nitrogens with one attached hydrogen (secondary N) is 1. The number of carbonyl (C=O) groups excluding carboxylic acids is 1. The highest BCUT2D eigenvalue weighted by molar-refractivity contribution is 8.00. The summed E-state index contributed by atoms with van der Waals surface area (Å²) in [5.74, 6) is 1.74. The quantitative estimate of drug-likeness (QED) is 0.613. The number of rotatable bonds is 9. The number of carbonyl (C=O) groups is 1. The Morgan fingerprint density at radius 3 is 2.70 bits per heavy atom. The molecule has 0 bridgehead atoms. The SMILES string of the molecule is CCNC1(C(N)=O)CCCC1CCSCCS(C)(=O)=O. The predicted octanol–water partition coefficient (Wildman–Crippen LogP) is 0.788. The second-order valence-corrected chi connectivity index (χ2v) is 8.97.